The minimum Gasteiger partial charge on any atom is -0.359 e. The van der Waals surface area contributed by atoms with E-state index in [-0.39, 0.29) is 0 Å². The molecule has 0 aliphatic heterocycles. The first-order valence-electron chi connectivity index (χ1n) is 4.41. The molecule has 0 saturated heterocycles. The molecule has 3 heteroatoms. The monoisotopic (exact) mass is 178 g/mol. The van der Waals surface area contributed by atoms with Gasteiger partial charge in [0.15, 0.2) is 6.29 Å². The number of carbonyl (C=O) groups excluding carboxylic acids is 1. The Labute approximate surface area is 78.4 Å². The lowest BCUT2D eigenvalue weighted by Gasteiger charge is -2.18. The van der Waals surface area contributed by atoms with E-state index in [0.29, 0.717) is 5.56 Å². The van der Waals surface area contributed by atoms with Gasteiger partial charge in [0.2, 0.25) is 0 Å². The standard InChI is InChI=1S/C10H14N2O/c1-3-7-12(2)10-9(8-13)5-4-6-11-10/h4-6,8H,3,7H2,1-2H3. The fourth-order valence-electron chi connectivity index (χ4n) is 1.26. The molecule has 13 heavy (non-hydrogen) atoms. The van der Waals surface area contributed by atoms with Crippen LogP contribution in [0.4, 0.5) is 5.82 Å². The summed E-state index contributed by atoms with van der Waals surface area (Å²) in [7, 11) is 1.94. The topological polar surface area (TPSA) is 33.2 Å². The number of hydrogen-bond acceptors (Lipinski definition) is 3. The Morgan fingerprint density at radius 3 is 3.00 bits per heavy atom. The average molecular weight is 178 g/mol. The van der Waals surface area contributed by atoms with Crippen molar-refractivity contribution in [3.8, 4) is 0 Å². The fourth-order valence-corrected chi connectivity index (χ4v) is 1.26. The van der Waals surface area contributed by atoms with E-state index in [2.05, 4.69) is 11.9 Å². The second kappa shape index (κ2) is 4.60. The Kier molecular flexibility index (Phi) is 3.43. The van der Waals surface area contributed by atoms with E-state index in [9.17, 15) is 4.79 Å². The van der Waals surface area contributed by atoms with Crippen LogP contribution in [0.3, 0.4) is 0 Å². The number of nitrogens with zero attached hydrogens (tertiary/aromatic N) is 2. The highest BCUT2D eigenvalue weighted by atomic mass is 16.1. The highest BCUT2D eigenvalue weighted by Gasteiger charge is 2.05. The number of pyridine rings is 1. The Balaban J connectivity index is 2.91. The van der Waals surface area contributed by atoms with Gasteiger partial charge in [0.25, 0.3) is 0 Å². The second-order valence-electron chi connectivity index (χ2n) is 2.96. The summed E-state index contributed by atoms with van der Waals surface area (Å²) in [6, 6.07) is 3.55. The van der Waals surface area contributed by atoms with Crippen LogP contribution in [0.25, 0.3) is 0 Å². The molecule has 0 aliphatic carbocycles. The van der Waals surface area contributed by atoms with Crippen LogP contribution in [-0.2, 0) is 0 Å². The first-order valence-corrected chi connectivity index (χ1v) is 4.41. The third kappa shape index (κ3) is 2.28. The van der Waals surface area contributed by atoms with Crippen molar-refractivity contribution in [1.82, 2.24) is 4.98 Å². The summed E-state index contributed by atoms with van der Waals surface area (Å²) in [6.07, 6.45) is 3.59. The molecule has 0 spiro atoms. The van der Waals surface area contributed by atoms with Gasteiger partial charge in [-0.25, -0.2) is 4.98 Å². The molecule has 0 aromatic carbocycles. The van der Waals surface area contributed by atoms with Gasteiger partial charge in [-0.1, -0.05) is 6.92 Å². The van der Waals surface area contributed by atoms with Gasteiger partial charge >= 0.3 is 0 Å². The van der Waals surface area contributed by atoms with Crippen LogP contribution in [0, 0.1) is 0 Å². The van der Waals surface area contributed by atoms with Gasteiger partial charge in [-0.2, -0.15) is 0 Å². The average Bonchev–Trinajstić information content (AvgIpc) is 2.18. The summed E-state index contributed by atoms with van der Waals surface area (Å²) in [5.74, 6) is 0.763. The lowest BCUT2D eigenvalue weighted by Crippen LogP contribution is -2.20. The predicted octanol–water partition coefficient (Wildman–Crippen LogP) is 1.74. The molecule has 0 amide bonds. The van der Waals surface area contributed by atoms with Crippen LogP contribution in [0.2, 0.25) is 0 Å². The van der Waals surface area contributed by atoms with Gasteiger partial charge in [0.1, 0.15) is 5.82 Å². The van der Waals surface area contributed by atoms with Crippen LogP contribution < -0.4 is 4.90 Å². The van der Waals surface area contributed by atoms with Crippen LogP contribution in [0.1, 0.15) is 23.7 Å². The van der Waals surface area contributed by atoms with Crippen molar-refractivity contribution in [1.29, 1.82) is 0 Å². The van der Waals surface area contributed by atoms with Crippen LogP contribution in [0.5, 0.6) is 0 Å². The molecule has 0 unspecified atom stereocenters. The molecular formula is C10H14N2O. The van der Waals surface area contributed by atoms with Gasteiger partial charge in [-0.05, 0) is 18.6 Å². The molecule has 0 bridgehead atoms. The minimum absolute atomic E-state index is 0.651. The number of rotatable bonds is 4. The first kappa shape index (κ1) is 9.71. The highest BCUT2D eigenvalue weighted by Crippen LogP contribution is 2.13. The zero-order chi connectivity index (χ0) is 9.68. The molecule has 0 aliphatic rings. The van der Waals surface area contributed by atoms with Crippen molar-refractivity contribution in [2.45, 2.75) is 13.3 Å². The zero-order valence-corrected chi connectivity index (χ0v) is 8.03. The third-order valence-electron chi connectivity index (χ3n) is 1.86. The molecule has 0 fully saturated rings. The largest absolute Gasteiger partial charge is 0.359 e. The van der Waals surface area contributed by atoms with Crippen molar-refractivity contribution in [2.24, 2.45) is 0 Å². The van der Waals surface area contributed by atoms with E-state index in [4.69, 9.17) is 0 Å². The summed E-state index contributed by atoms with van der Waals surface area (Å²) < 4.78 is 0. The van der Waals surface area contributed by atoms with Crippen molar-refractivity contribution >= 4 is 12.1 Å². The summed E-state index contributed by atoms with van der Waals surface area (Å²) in [5, 5.41) is 0. The summed E-state index contributed by atoms with van der Waals surface area (Å²) >= 11 is 0. The lowest BCUT2D eigenvalue weighted by molar-refractivity contribution is 0.112. The summed E-state index contributed by atoms with van der Waals surface area (Å²) in [4.78, 5) is 16.8. The van der Waals surface area contributed by atoms with Gasteiger partial charge in [-0.15, -0.1) is 0 Å². The molecule has 0 N–H and O–H groups in total. The quantitative estimate of drug-likeness (QED) is 0.658. The number of aldehydes is 1. The smallest absolute Gasteiger partial charge is 0.153 e. The van der Waals surface area contributed by atoms with E-state index in [0.717, 1.165) is 25.1 Å². The molecule has 3 nitrogen and oxygen atoms in total. The number of anilines is 1. The Hall–Kier alpha value is -1.38. The predicted molar refractivity (Wildman–Crippen MR) is 53.2 cm³/mol. The van der Waals surface area contributed by atoms with E-state index >= 15 is 0 Å². The van der Waals surface area contributed by atoms with E-state index in [1.54, 1.807) is 18.3 Å². The Bertz CT molecular complexity index is 286. The Morgan fingerprint density at radius 1 is 1.62 bits per heavy atom. The van der Waals surface area contributed by atoms with Crippen molar-refractivity contribution in [3.05, 3.63) is 23.9 Å². The SMILES string of the molecule is CCCN(C)c1ncccc1C=O. The van der Waals surface area contributed by atoms with Gasteiger partial charge < -0.3 is 4.90 Å². The van der Waals surface area contributed by atoms with E-state index in [1.165, 1.54) is 0 Å². The van der Waals surface area contributed by atoms with Crippen LogP contribution in [0.15, 0.2) is 18.3 Å². The first-order chi connectivity index (χ1) is 6.29. The van der Waals surface area contributed by atoms with E-state index in [1.807, 2.05) is 11.9 Å². The van der Waals surface area contributed by atoms with Crippen LogP contribution >= 0.6 is 0 Å². The maximum Gasteiger partial charge on any atom is 0.153 e. The number of hydrogen-bond donors (Lipinski definition) is 0. The maximum atomic E-state index is 10.7. The fraction of sp³-hybridized carbons (Fsp3) is 0.400. The molecule has 0 atom stereocenters. The van der Waals surface area contributed by atoms with Crippen molar-refractivity contribution in [2.75, 3.05) is 18.5 Å². The summed E-state index contributed by atoms with van der Waals surface area (Å²) in [6.45, 7) is 3.01. The number of carbonyl (C=O) groups is 1. The molecule has 0 radical (unpaired) electrons. The lowest BCUT2D eigenvalue weighted by atomic mass is 10.2. The minimum atomic E-state index is 0.651. The molecule has 0 saturated carbocycles. The second-order valence-corrected chi connectivity index (χ2v) is 2.96. The zero-order valence-electron chi connectivity index (χ0n) is 8.03. The van der Waals surface area contributed by atoms with Gasteiger partial charge in [0.05, 0.1) is 5.56 Å². The summed E-state index contributed by atoms with van der Waals surface area (Å²) in [5.41, 5.74) is 0.651. The molecule has 1 heterocycles. The van der Waals surface area contributed by atoms with Crippen molar-refractivity contribution < 1.29 is 4.79 Å². The Morgan fingerprint density at radius 2 is 2.38 bits per heavy atom. The normalized spacial score (nSPS) is 9.69. The molecular weight excluding hydrogens is 164 g/mol. The highest BCUT2D eigenvalue weighted by molar-refractivity contribution is 5.82. The maximum absolute atomic E-state index is 10.7. The molecule has 1 rings (SSSR count). The van der Waals surface area contributed by atoms with Crippen molar-refractivity contribution in [3.63, 3.8) is 0 Å². The number of aromatic nitrogens is 1. The molecule has 1 aromatic rings. The van der Waals surface area contributed by atoms with Crippen LogP contribution in [-0.4, -0.2) is 24.9 Å². The van der Waals surface area contributed by atoms with Gasteiger partial charge in [-0.3, -0.25) is 4.79 Å². The third-order valence-corrected chi connectivity index (χ3v) is 1.86. The molecule has 70 valence electrons. The van der Waals surface area contributed by atoms with Gasteiger partial charge in [0, 0.05) is 19.8 Å². The van der Waals surface area contributed by atoms with E-state index < -0.39 is 0 Å². The molecule has 1 aromatic heterocycles.